The van der Waals surface area contributed by atoms with Crippen molar-refractivity contribution in [1.82, 2.24) is 5.32 Å². The first-order chi connectivity index (χ1) is 13.0. The first-order valence-corrected chi connectivity index (χ1v) is 10.5. The minimum absolute atomic E-state index is 0.0725. The highest BCUT2D eigenvalue weighted by Gasteiger charge is 2.33. The molecule has 1 amide bonds. The Morgan fingerprint density at radius 3 is 2.43 bits per heavy atom. The number of hydrogen-bond acceptors (Lipinski definition) is 3. The summed E-state index contributed by atoms with van der Waals surface area (Å²) in [6, 6.07) is -0.410. The van der Waals surface area contributed by atoms with E-state index in [1.807, 2.05) is 19.1 Å². The zero-order chi connectivity index (χ0) is 21.5. The van der Waals surface area contributed by atoms with E-state index in [2.05, 4.69) is 31.2 Å². The first kappa shape index (κ1) is 24.5. The molecule has 1 saturated carbocycles. The molecule has 0 aliphatic heterocycles. The second kappa shape index (κ2) is 10.8. The molecule has 158 valence electrons. The van der Waals surface area contributed by atoms with Crippen molar-refractivity contribution in [2.45, 2.75) is 85.5 Å². The Kier molecular flexibility index (Phi) is 9.47. The number of amides is 1. The third-order valence-corrected chi connectivity index (χ3v) is 6.30. The van der Waals surface area contributed by atoms with Gasteiger partial charge in [0.05, 0.1) is 18.2 Å². The van der Waals surface area contributed by atoms with E-state index in [4.69, 9.17) is 6.42 Å². The average molecular weight is 390 g/mol. The molecular formula is C24H39NO3. The van der Waals surface area contributed by atoms with Crippen LogP contribution < -0.4 is 5.32 Å². The van der Waals surface area contributed by atoms with Crippen LogP contribution >= 0.6 is 0 Å². The third kappa shape index (κ3) is 6.79. The van der Waals surface area contributed by atoms with Crippen molar-refractivity contribution in [2.75, 3.05) is 0 Å². The average Bonchev–Trinajstić information content (AvgIpc) is 2.65. The third-order valence-electron chi connectivity index (χ3n) is 6.30. The summed E-state index contributed by atoms with van der Waals surface area (Å²) in [5, 5.41) is 23.7. The van der Waals surface area contributed by atoms with E-state index in [0.717, 1.165) is 18.4 Å². The van der Waals surface area contributed by atoms with Crippen LogP contribution in [0.25, 0.3) is 0 Å². The summed E-state index contributed by atoms with van der Waals surface area (Å²) in [5.41, 5.74) is 1.07. The molecule has 0 spiro atoms. The molecule has 0 aromatic heterocycles. The molecule has 0 radical (unpaired) electrons. The topological polar surface area (TPSA) is 69.6 Å². The van der Waals surface area contributed by atoms with E-state index >= 15 is 0 Å². The number of aliphatic hydroxyl groups excluding tert-OH is 2. The van der Waals surface area contributed by atoms with Crippen LogP contribution in [0.4, 0.5) is 0 Å². The summed E-state index contributed by atoms with van der Waals surface area (Å²) < 4.78 is 0. The Hall–Kier alpha value is -1.57. The standard InChI is InChI=1S/C24H39NO3/c1-8-24(7)14-10-9-11-21(24)15-16(2)12-13-17(3)22(27)18(4)23(28)19(5)25-20(6)26/h1,12-13,15,17-19,21-23,27-28H,9-11,14H2,2-7H3,(H,25,26)/t17-,18+,19-,21-,22-,23+,24-/m1/s1. The van der Waals surface area contributed by atoms with E-state index in [-0.39, 0.29) is 23.2 Å². The number of allylic oxidation sites excluding steroid dienone is 3. The van der Waals surface area contributed by atoms with Crippen LogP contribution in [0, 0.1) is 35.5 Å². The van der Waals surface area contributed by atoms with Gasteiger partial charge in [0.25, 0.3) is 0 Å². The second-order valence-corrected chi connectivity index (χ2v) is 8.87. The molecule has 1 rings (SSSR count). The lowest BCUT2D eigenvalue weighted by atomic mass is 9.67. The molecule has 4 nitrogen and oxygen atoms in total. The number of rotatable bonds is 8. The molecule has 1 aliphatic carbocycles. The summed E-state index contributed by atoms with van der Waals surface area (Å²) in [5.74, 6) is 2.71. The van der Waals surface area contributed by atoms with Crippen molar-refractivity contribution < 1.29 is 15.0 Å². The highest BCUT2D eigenvalue weighted by atomic mass is 16.3. The van der Waals surface area contributed by atoms with Crippen molar-refractivity contribution in [1.29, 1.82) is 0 Å². The van der Waals surface area contributed by atoms with Gasteiger partial charge in [-0.2, -0.15) is 0 Å². The Labute approximate surface area is 171 Å². The smallest absolute Gasteiger partial charge is 0.217 e. The zero-order valence-electron chi connectivity index (χ0n) is 18.4. The predicted molar refractivity (Wildman–Crippen MR) is 115 cm³/mol. The van der Waals surface area contributed by atoms with Crippen LogP contribution in [0.15, 0.2) is 23.8 Å². The van der Waals surface area contributed by atoms with Gasteiger partial charge in [0.2, 0.25) is 5.91 Å². The van der Waals surface area contributed by atoms with Crippen molar-refractivity contribution in [3.8, 4) is 12.3 Å². The fraction of sp³-hybridized carbons (Fsp3) is 0.708. The van der Waals surface area contributed by atoms with Crippen LogP contribution in [-0.4, -0.2) is 34.4 Å². The van der Waals surface area contributed by atoms with Crippen molar-refractivity contribution in [2.24, 2.45) is 23.2 Å². The van der Waals surface area contributed by atoms with Gasteiger partial charge < -0.3 is 15.5 Å². The minimum Gasteiger partial charge on any atom is -0.392 e. The van der Waals surface area contributed by atoms with E-state index in [0.29, 0.717) is 5.92 Å². The number of hydrogen-bond donors (Lipinski definition) is 3. The van der Waals surface area contributed by atoms with Gasteiger partial charge in [-0.25, -0.2) is 0 Å². The molecule has 1 fully saturated rings. The van der Waals surface area contributed by atoms with Gasteiger partial charge in [0.1, 0.15) is 0 Å². The number of terminal acetylenes is 1. The fourth-order valence-corrected chi connectivity index (χ4v) is 4.14. The summed E-state index contributed by atoms with van der Waals surface area (Å²) in [6.45, 7) is 11.2. The lowest BCUT2D eigenvalue weighted by Crippen LogP contribution is -2.47. The highest BCUT2D eigenvalue weighted by Crippen LogP contribution is 2.41. The summed E-state index contributed by atoms with van der Waals surface area (Å²) >= 11 is 0. The van der Waals surface area contributed by atoms with Crippen LogP contribution in [0.3, 0.4) is 0 Å². The van der Waals surface area contributed by atoms with Crippen LogP contribution in [0.5, 0.6) is 0 Å². The molecule has 0 saturated heterocycles. The molecule has 1 aliphatic rings. The highest BCUT2D eigenvalue weighted by molar-refractivity contribution is 5.73. The van der Waals surface area contributed by atoms with Crippen LogP contribution in [0.2, 0.25) is 0 Å². The Morgan fingerprint density at radius 1 is 1.21 bits per heavy atom. The maximum Gasteiger partial charge on any atom is 0.217 e. The fourth-order valence-electron chi connectivity index (χ4n) is 4.14. The Bertz CT molecular complexity index is 618. The van der Waals surface area contributed by atoms with Gasteiger partial charge >= 0.3 is 0 Å². The molecule has 28 heavy (non-hydrogen) atoms. The maximum absolute atomic E-state index is 11.2. The lowest BCUT2D eigenvalue weighted by molar-refractivity contribution is -0.121. The number of carbonyl (C=O) groups is 1. The molecule has 3 N–H and O–H groups in total. The van der Waals surface area contributed by atoms with Gasteiger partial charge in [-0.05, 0) is 39.5 Å². The van der Waals surface area contributed by atoms with Crippen molar-refractivity contribution in [3.05, 3.63) is 23.8 Å². The monoisotopic (exact) mass is 389 g/mol. The summed E-state index contributed by atoms with van der Waals surface area (Å²) in [7, 11) is 0. The van der Waals surface area contributed by atoms with Gasteiger partial charge in [-0.15, -0.1) is 6.42 Å². The molecule has 0 unspecified atom stereocenters. The van der Waals surface area contributed by atoms with Gasteiger partial charge in [-0.3, -0.25) is 4.79 Å². The van der Waals surface area contributed by atoms with E-state index in [9.17, 15) is 15.0 Å². The SMILES string of the molecule is C#C[C@]1(C)CCCC[C@@H]1C=C(C)C=C[C@@H](C)[C@@H](O)[C@H](C)[C@H](O)[C@@H](C)NC(C)=O. The molecule has 4 heteroatoms. The number of carbonyl (C=O) groups excluding carboxylic acids is 1. The summed E-state index contributed by atoms with van der Waals surface area (Å²) in [4.78, 5) is 11.2. The normalized spacial score (nSPS) is 28.8. The van der Waals surface area contributed by atoms with Crippen LogP contribution in [0.1, 0.15) is 67.2 Å². The Balaban J connectivity index is 2.74. The lowest BCUT2D eigenvalue weighted by Gasteiger charge is -2.36. The quantitative estimate of drug-likeness (QED) is 0.436. The maximum atomic E-state index is 11.2. The molecule has 0 aromatic rings. The van der Waals surface area contributed by atoms with Gasteiger partial charge in [-0.1, -0.05) is 56.4 Å². The number of nitrogens with one attached hydrogen (secondary N) is 1. The zero-order valence-corrected chi connectivity index (χ0v) is 18.4. The molecular weight excluding hydrogens is 350 g/mol. The van der Waals surface area contributed by atoms with Gasteiger partial charge in [0.15, 0.2) is 0 Å². The largest absolute Gasteiger partial charge is 0.392 e. The molecule has 7 atom stereocenters. The number of aliphatic hydroxyl groups is 2. The molecule has 0 aromatic carbocycles. The Morgan fingerprint density at radius 2 is 1.86 bits per heavy atom. The second-order valence-electron chi connectivity index (χ2n) is 8.87. The van der Waals surface area contributed by atoms with Crippen LogP contribution in [-0.2, 0) is 4.79 Å². The predicted octanol–water partition coefficient (Wildman–Crippen LogP) is 3.84. The molecule has 0 heterocycles. The van der Waals surface area contributed by atoms with Gasteiger partial charge in [0, 0.05) is 24.2 Å². The van der Waals surface area contributed by atoms with E-state index < -0.39 is 18.2 Å². The van der Waals surface area contributed by atoms with Crippen molar-refractivity contribution in [3.63, 3.8) is 0 Å². The molecule has 0 bridgehead atoms. The van der Waals surface area contributed by atoms with Crippen molar-refractivity contribution >= 4 is 5.91 Å². The first-order valence-electron chi connectivity index (χ1n) is 10.5. The van der Waals surface area contributed by atoms with E-state index in [1.165, 1.54) is 19.8 Å². The van der Waals surface area contributed by atoms with E-state index in [1.54, 1.807) is 13.8 Å². The summed E-state index contributed by atoms with van der Waals surface area (Å²) in [6.07, 6.45) is 15.2. The minimum atomic E-state index is -0.815.